The van der Waals surface area contributed by atoms with Gasteiger partial charge in [-0.3, -0.25) is 4.79 Å². The molecule has 1 amide bonds. The van der Waals surface area contributed by atoms with Crippen LogP contribution in [0.2, 0.25) is 0 Å². The normalized spacial score (nSPS) is 10.7. The number of nitrogens with two attached hydrogens (primary N) is 1. The number of thiazole rings is 1. The van der Waals surface area contributed by atoms with Gasteiger partial charge in [0.2, 0.25) is 0 Å². The number of carbonyl (C=O) groups is 1. The van der Waals surface area contributed by atoms with E-state index in [1.165, 1.54) is 0 Å². The Kier molecular flexibility index (Phi) is 5.72. The molecule has 0 saturated carbocycles. The first-order valence-corrected chi connectivity index (χ1v) is 5.94. The highest BCUT2D eigenvalue weighted by atomic mass is 32.1. The van der Waals surface area contributed by atoms with Crippen molar-refractivity contribution in [2.75, 3.05) is 37.9 Å². The minimum atomic E-state index is -2.50. The van der Waals surface area contributed by atoms with E-state index < -0.39 is 18.9 Å². The van der Waals surface area contributed by atoms with Crippen molar-refractivity contribution in [2.24, 2.45) is 0 Å². The summed E-state index contributed by atoms with van der Waals surface area (Å²) in [5.74, 6) is -0.262. The summed E-state index contributed by atoms with van der Waals surface area (Å²) in [5.41, 5.74) is 5.56. The van der Waals surface area contributed by atoms with Gasteiger partial charge in [-0.2, -0.15) is 0 Å². The summed E-state index contributed by atoms with van der Waals surface area (Å²) in [5, 5.41) is 5.81. The Labute approximate surface area is 107 Å². The van der Waals surface area contributed by atoms with Crippen molar-refractivity contribution in [3.8, 4) is 0 Å². The van der Waals surface area contributed by atoms with Crippen LogP contribution in [0.15, 0.2) is 0 Å². The van der Waals surface area contributed by atoms with Gasteiger partial charge in [0.25, 0.3) is 12.3 Å². The number of rotatable bonds is 7. The Bertz CT molecular complexity index is 400. The van der Waals surface area contributed by atoms with E-state index in [1.807, 2.05) is 0 Å². The topological polar surface area (TPSA) is 89.3 Å². The van der Waals surface area contributed by atoms with Crippen LogP contribution in [0.25, 0.3) is 0 Å². The van der Waals surface area contributed by atoms with E-state index in [9.17, 15) is 13.6 Å². The first kappa shape index (κ1) is 14.6. The van der Waals surface area contributed by atoms with Gasteiger partial charge in [0.05, 0.1) is 6.61 Å². The Morgan fingerprint density at radius 3 is 2.89 bits per heavy atom. The fraction of sp³-hybridized carbons (Fsp3) is 0.556. The lowest BCUT2D eigenvalue weighted by Gasteiger charge is -2.05. The molecule has 1 aromatic heterocycles. The molecule has 6 nitrogen and oxygen atoms in total. The second kappa shape index (κ2) is 7.07. The monoisotopic (exact) mass is 280 g/mol. The molecule has 0 spiro atoms. The summed E-state index contributed by atoms with van der Waals surface area (Å²) in [6.07, 6.45) is -2.50. The van der Waals surface area contributed by atoms with Crippen molar-refractivity contribution in [3.05, 3.63) is 4.88 Å². The van der Waals surface area contributed by atoms with Gasteiger partial charge < -0.3 is 21.1 Å². The van der Waals surface area contributed by atoms with Crippen molar-refractivity contribution in [1.29, 1.82) is 0 Å². The molecule has 102 valence electrons. The third-order valence-electron chi connectivity index (χ3n) is 1.85. The average Bonchev–Trinajstić information content (AvgIpc) is 2.69. The summed E-state index contributed by atoms with van der Waals surface area (Å²) in [6, 6.07) is 0. The molecule has 18 heavy (non-hydrogen) atoms. The zero-order chi connectivity index (χ0) is 13.5. The molecule has 0 aliphatic rings. The first-order chi connectivity index (χ1) is 8.54. The number of anilines is 2. The predicted molar refractivity (Wildman–Crippen MR) is 65.2 cm³/mol. The highest BCUT2D eigenvalue weighted by molar-refractivity contribution is 7.18. The quantitative estimate of drug-likeness (QED) is 0.642. The number of alkyl halides is 2. The third kappa shape index (κ3) is 4.41. The number of hydrogen-bond acceptors (Lipinski definition) is 6. The molecule has 9 heteroatoms. The van der Waals surface area contributed by atoms with Crippen LogP contribution in [0, 0.1) is 0 Å². The maximum Gasteiger partial charge on any atom is 0.265 e. The second-order valence-corrected chi connectivity index (χ2v) is 4.20. The van der Waals surface area contributed by atoms with E-state index in [4.69, 9.17) is 5.73 Å². The van der Waals surface area contributed by atoms with E-state index >= 15 is 0 Å². The number of hydrogen-bond donors (Lipinski definition) is 3. The lowest BCUT2D eigenvalue weighted by Crippen LogP contribution is -2.27. The molecule has 0 radical (unpaired) electrons. The molecule has 0 aromatic carbocycles. The van der Waals surface area contributed by atoms with Crippen LogP contribution in [-0.2, 0) is 4.74 Å². The number of nitrogens with zero attached hydrogens (tertiary/aromatic N) is 1. The van der Waals surface area contributed by atoms with E-state index in [2.05, 4.69) is 20.4 Å². The molecule has 1 heterocycles. The number of nitrogens with one attached hydrogen (secondary N) is 2. The first-order valence-electron chi connectivity index (χ1n) is 5.12. The molecule has 0 fully saturated rings. The SMILES string of the molecule is CNc1nc(N)c(C(=O)NCCOCC(F)F)s1. The maximum atomic E-state index is 11.7. The van der Waals surface area contributed by atoms with Crippen LogP contribution < -0.4 is 16.4 Å². The van der Waals surface area contributed by atoms with Gasteiger partial charge in [-0.25, -0.2) is 13.8 Å². The van der Waals surface area contributed by atoms with Gasteiger partial charge in [-0.15, -0.1) is 0 Å². The van der Waals surface area contributed by atoms with Gasteiger partial charge in [0.1, 0.15) is 17.3 Å². The predicted octanol–water partition coefficient (Wildman–Crippen LogP) is 0.778. The molecule has 0 unspecified atom stereocenters. The third-order valence-corrected chi connectivity index (χ3v) is 2.94. The highest BCUT2D eigenvalue weighted by Crippen LogP contribution is 2.23. The number of nitrogen functional groups attached to an aromatic ring is 1. The van der Waals surface area contributed by atoms with Crippen LogP contribution in [0.4, 0.5) is 19.7 Å². The standard InChI is InChI=1S/C9H14F2N4O2S/c1-13-9-15-7(12)6(18-9)8(16)14-2-3-17-4-5(10)11/h5H,2-4,12H2,1H3,(H,13,15)(H,14,16). The van der Waals surface area contributed by atoms with Crippen LogP contribution in [-0.4, -0.2) is 44.1 Å². The lowest BCUT2D eigenvalue weighted by atomic mass is 10.4. The van der Waals surface area contributed by atoms with Crippen molar-refractivity contribution < 1.29 is 18.3 Å². The number of aromatic nitrogens is 1. The van der Waals surface area contributed by atoms with Gasteiger partial charge >= 0.3 is 0 Å². The van der Waals surface area contributed by atoms with Gasteiger partial charge in [-0.05, 0) is 0 Å². The fourth-order valence-corrected chi connectivity index (χ4v) is 1.85. The summed E-state index contributed by atoms with van der Waals surface area (Å²) >= 11 is 1.12. The van der Waals surface area contributed by atoms with Crippen molar-refractivity contribution in [3.63, 3.8) is 0 Å². The van der Waals surface area contributed by atoms with E-state index in [-0.39, 0.29) is 23.8 Å². The second-order valence-electron chi connectivity index (χ2n) is 3.21. The molecule has 4 N–H and O–H groups in total. The number of halogens is 2. The largest absolute Gasteiger partial charge is 0.382 e. The molecule has 0 aliphatic heterocycles. The summed E-state index contributed by atoms with van der Waals surface area (Å²) in [7, 11) is 1.66. The minimum absolute atomic E-state index is 0.0215. The van der Waals surface area contributed by atoms with Crippen LogP contribution >= 0.6 is 11.3 Å². The number of amides is 1. The minimum Gasteiger partial charge on any atom is -0.382 e. The van der Waals surface area contributed by atoms with Crippen LogP contribution in [0.5, 0.6) is 0 Å². The average molecular weight is 280 g/mol. The highest BCUT2D eigenvalue weighted by Gasteiger charge is 2.15. The summed E-state index contributed by atoms with van der Waals surface area (Å²) < 4.78 is 28.1. The summed E-state index contributed by atoms with van der Waals surface area (Å²) in [4.78, 5) is 15.8. The molecule has 1 rings (SSSR count). The van der Waals surface area contributed by atoms with E-state index in [0.29, 0.717) is 5.13 Å². The van der Waals surface area contributed by atoms with Gasteiger partial charge in [-0.1, -0.05) is 11.3 Å². The van der Waals surface area contributed by atoms with E-state index in [1.54, 1.807) is 7.05 Å². The van der Waals surface area contributed by atoms with E-state index in [0.717, 1.165) is 11.3 Å². The van der Waals surface area contributed by atoms with Crippen LogP contribution in [0.3, 0.4) is 0 Å². The van der Waals surface area contributed by atoms with Crippen molar-refractivity contribution in [2.45, 2.75) is 6.43 Å². The Balaban J connectivity index is 2.34. The van der Waals surface area contributed by atoms with Crippen molar-refractivity contribution >= 4 is 28.2 Å². The zero-order valence-electron chi connectivity index (χ0n) is 9.70. The maximum absolute atomic E-state index is 11.7. The molecular formula is C9H14F2N4O2S. The lowest BCUT2D eigenvalue weighted by molar-refractivity contribution is 0.0188. The zero-order valence-corrected chi connectivity index (χ0v) is 10.5. The Morgan fingerprint density at radius 2 is 2.33 bits per heavy atom. The molecule has 0 bridgehead atoms. The fourth-order valence-electron chi connectivity index (χ4n) is 1.09. The van der Waals surface area contributed by atoms with Gasteiger partial charge in [0, 0.05) is 13.6 Å². The molecule has 0 saturated heterocycles. The summed E-state index contributed by atoms with van der Waals surface area (Å²) in [6.45, 7) is -0.478. The van der Waals surface area contributed by atoms with Crippen molar-refractivity contribution in [1.82, 2.24) is 10.3 Å². The Morgan fingerprint density at radius 1 is 1.61 bits per heavy atom. The molecule has 0 atom stereocenters. The molecule has 0 aliphatic carbocycles. The molecule has 1 aromatic rings. The van der Waals surface area contributed by atoms with Crippen LogP contribution in [0.1, 0.15) is 9.67 Å². The Hall–Kier alpha value is -1.48. The smallest absolute Gasteiger partial charge is 0.265 e. The molecular weight excluding hydrogens is 266 g/mol. The van der Waals surface area contributed by atoms with Gasteiger partial charge in [0.15, 0.2) is 5.13 Å². The number of carbonyl (C=O) groups excluding carboxylic acids is 1. The number of ether oxygens (including phenoxy) is 1.